The van der Waals surface area contributed by atoms with Gasteiger partial charge in [-0.25, -0.2) is 0 Å². The topological polar surface area (TPSA) is 42.0 Å². The van der Waals surface area contributed by atoms with Gasteiger partial charge in [-0.1, -0.05) is 43.3 Å². The van der Waals surface area contributed by atoms with E-state index in [2.05, 4.69) is 42.2 Å². The van der Waals surface area contributed by atoms with Gasteiger partial charge in [-0.15, -0.1) is 0 Å². The Labute approximate surface area is 179 Å². The highest BCUT2D eigenvalue weighted by Crippen LogP contribution is 2.23. The number of piperidine rings is 1. The van der Waals surface area contributed by atoms with E-state index in [9.17, 15) is 4.79 Å². The number of amides is 1. The Morgan fingerprint density at radius 3 is 2.50 bits per heavy atom. The van der Waals surface area contributed by atoms with Gasteiger partial charge in [-0.05, 0) is 42.5 Å². The van der Waals surface area contributed by atoms with E-state index in [0.717, 1.165) is 38.2 Å². The van der Waals surface area contributed by atoms with E-state index in [4.69, 9.17) is 9.47 Å². The van der Waals surface area contributed by atoms with Crippen molar-refractivity contribution in [2.24, 2.45) is 0 Å². The smallest absolute Gasteiger partial charge is 0.254 e. The summed E-state index contributed by atoms with van der Waals surface area (Å²) in [5, 5.41) is 0. The van der Waals surface area contributed by atoms with E-state index in [0.29, 0.717) is 37.8 Å². The summed E-state index contributed by atoms with van der Waals surface area (Å²) in [4.78, 5) is 17.1. The number of ether oxygens (including phenoxy) is 2. The van der Waals surface area contributed by atoms with Crippen molar-refractivity contribution in [3.05, 3.63) is 65.7 Å². The first kappa shape index (κ1) is 20.9. The van der Waals surface area contributed by atoms with Gasteiger partial charge in [0.2, 0.25) is 0 Å². The van der Waals surface area contributed by atoms with Gasteiger partial charge >= 0.3 is 0 Å². The fourth-order valence-corrected chi connectivity index (χ4v) is 4.33. The van der Waals surface area contributed by atoms with Gasteiger partial charge in [0.1, 0.15) is 11.9 Å². The molecule has 2 saturated heterocycles. The third-order valence-corrected chi connectivity index (χ3v) is 6.12. The Morgan fingerprint density at radius 1 is 1.03 bits per heavy atom. The second-order valence-corrected chi connectivity index (χ2v) is 8.36. The molecule has 0 aliphatic carbocycles. The first-order valence-electron chi connectivity index (χ1n) is 11.1. The van der Waals surface area contributed by atoms with Crippen LogP contribution in [0.3, 0.4) is 0 Å². The predicted octanol–water partition coefficient (Wildman–Crippen LogP) is 3.81. The van der Waals surface area contributed by atoms with Crippen LogP contribution in [0.5, 0.6) is 5.75 Å². The van der Waals surface area contributed by atoms with Gasteiger partial charge < -0.3 is 19.3 Å². The number of likely N-dealkylation sites (tertiary alicyclic amines) is 1. The predicted molar refractivity (Wildman–Crippen MR) is 118 cm³/mol. The summed E-state index contributed by atoms with van der Waals surface area (Å²) in [5.74, 6) is 1.39. The Kier molecular flexibility index (Phi) is 7.03. The van der Waals surface area contributed by atoms with Crippen molar-refractivity contribution < 1.29 is 14.3 Å². The van der Waals surface area contributed by atoms with Crippen LogP contribution in [-0.4, -0.2) is 67.7 Å². The number of hydrogen-bond acceptors (Lipinski definition) is 4. The number of morpholine rings is 1. The largest absolute Gasteiger partial charge is 0.490 e. The molecular weight excluding hydrogens is 376 g/mol. The molecule has 0 spiro atoms. The van der Waals surface area contributed by atoms with Crippen LogP contribution in [-0.2, 0) is 4.74 Å². The summed E-state index contributed by atoms with van der Waals surface area (Å²) in [6, 6.07) is 18.4. The van der Waals surface area contributed by atoms with Gasteiger partial charge in [0.05, 0.1) is 13.2 Å². The van der Waals surface area contributed by atoms with Crippen molar-refractivity contribution in [3.63, 3.8) is 0 Å². The van der Waals surface area contributed by atoms with Crippen molar-refractivity contribution in [2.75, 3.05) is 45.9 Å². The summed E-state index contributed by atoms with van der Waals surface area (Å²) < 4.78 is 11.6. The third kappa shape index (κ3) is 5.41. The van der Waals surface area contributed by atoms with Crippen LogP contribution in [0.4, 0.5) is 0 Å². The maximum atomic E-state index is 12.7. The zero-order valence-corrected chi connectivity index (χ0v) is 17.8. The van der Waals surface area contributed by atoms with E-state index in [-0.39, 0.29) is 12.0 Å². The molecule has 0 bridgehead atoms. The molecule has 0 saturated carbocycles. The minimum absolute atomic E-state index is 0.0634. The van der Waals surface area contributed by atoms with E-state index in [1.165, 1.54) is 5.56 Å². The zero-order chi connectivity index (χ0) is 20.8. The summed E-state index contributed by atoms with van der Waals surface area (Å²) in [6.07, 6.45) is 2.24. The lowest BCUT2D eigenvalue weighted by molar-refractivity contribution is 0.0302. The number of hydrogen-bond donors (Lipinski definition) is 0. The average molecular weight is 409 g/mol. The fourth-order valence-electron chi connectivity index (χ4n) is 4.33. The number of benzene rings is 2. The van der Waals surface area contributed by atoms with Crippen LogP contribution in [0.15, 0.2) is 54.6 Å². The second kappa shape index (κ2) is 10.1. The summed E-state index contributed by atoms with van der Waals surface area (Å²) in [7, 11) is 0. The Hall–Kier alpha value is -2.37. The molecule has 0 unspecified atom stereocenters. The maximum absolute atomic E-state index is 12.7. The van der Waals surface area contributed by atoms with E-state index in [1.807, 2.05) is 29.2 Å². The van der Waals surface area contributed by atoms with Crippen LogP contribution in [0, 0.1) is 0 Å². The highest BCUT2D eigenvalue weighted by molar-refractivity contribution is 5.94. The minimum Gasteiger partial charge on any atom is -0.490 e. The van der Waals surface area contributed by atoms with Gasteiger partial charge in [-0.2, -0.15) is 0 Å². The molecular formula is C25H32N2O3. The summed E-state index contributed by atoms with van der Waals surface area (Å²) in [6.45, 7) is 8.03. The molecule has 2 fully saturated rings. The molecule has 2 heterocycles. The van der Waals surface area contributed by atoms with Gasteiger partial charge in [0, 0.05) is 38.3 Å². The first-order valence-corrected chi connectivity index (χ1v) is 11.1. The van der Waals surface area contributed by atoms with Gasteiger partial charge in [0.25, 0.3) is 5.91 Å². The molecule has 0 radical (unpaired) electrons. The minimum atomic E-state index is 0.0634. The van der Waals surface area contributed by atoms with Crippen LogP contribution in [0.1, 0.15) is 41.6 Å². The van der Waals surface area contributed by atoms with Crippen molar-refractivity contribution in [2.45, 2.75) is 31.8 Å². The lowest BCUT2D eigenvalue weighted by Gasteiger charge is -2.34. The van der Waals surface area contributed by atoms with Crippen LogP contribution < -0.4 is 4.74 Å². The molecule has 2 aromatic carbocycles. The molecule has 4 rings (SSSR count). The quantitative estimate of drug-likeness (QED) is 0.729. The molecule has 5 heteroatoms. The number of rotatable bonds is 6. The molecule has 1 amide bonds. The normalized spacial score (nSPS) is 19.4. The van der Waals surface area contributed by atoms with Crippen molar-refractivity contribution in [3.8, 4) is 5.75 Å². The lowest BCUT2D eigenvalue weighted by atomic mass is 9.99. The van der Waals surface area contributed by atoms with Crippen LogP contribution in [0.2, 0.25) is 0 Å². The monoisotopic (exact) mass is 408 g/mol. The highest BCUT2D eigenvalue weighted by Gasteiger charge is 2.23. The van der Waals surface area contributed by atoms with E-state index >= 15 is 0 Å². The van der Waals surface area contributed by atoms with Crippen molar-refractivity contribution in [1.82, 2.24) is 9.80 Å². The van der Waals surface area contributed by atoms with Crippen molar-refractivity contribution >= 4 is 5.91 Å². The fraction of sp³-hybridized carbons (Fsp3) is 0.480. The van der Waals surface area contributed by atoms with Gasteiger partial charge in [-0.3, -0.25) is 4.79 Å². The Bertz CT molecular complexity index is 812. The molecule has 30 heavy (non-hydrogen) atoms. The van der Waals surface area contributed by atoms with Crippen molar-refractivity contribution in [1.29, 1.82) is 0 Å². The average Bonchev–Trinajstić information content (AvgIpc) is 2.81. The lowest BCUT2D eigenvalue weighted by Crippen LogP contribution is -2.40. The molecule has 5 nitrogen and oxygen atoms in total. The number of carbonyl (C=O) groups is 1. The second-order valence-electron chi connectivity index (χ2n) is 8.36. The summed E-state index contributed by atoms with van der Waals surface area (Å²) in [5.41, 5.74) is 2.10. The maximum Gasteiger partial charge on any atom is 0.254 e. The van der Waals surface area contributed by atoms with Gasteiger partial charge in [0.15, 0.2) is 0 Å². The molecule has 2 aliphatic rings. The first-order chi connectivity index (χ1) is 14.7. The highest BCUT2D eigenvalue weighted by atomic mass is 16.5. The molecule has 0 aromatic heterocycles. The number of carbonyl (C=O) groups excluding carboxylic acids is 1. The SMILES string of the molecule is C[C@@H](CN1CCC(Oc2cccc(C(=O)N3CCOCC3)c2)CC1)c1ccccc1. The molecule has 160 valence electrons. The standard InChI is InChI=1S/C25H32N2O3/c1-20(21-6-3-2-4-7-21)19-26-12-10-23(11-13-26)30-24-9-5-8-22(18-24)25(28)27-14-16-29-17-15-27/h2-9,18,20,23H,10-17,19H2,1H3/t20-/m0/s1. The molecule has 1 atom stereocenters. The Morgan fingerprint density at radius 2 is 1.77 bits per heavy atom. The number of nitrogens with zero attached hydrogens (tertiary/aromatic N) is 2. The third-order valence-electron chi connectivity index (χ3n) is 6.12. The van der Waals surface area contributed by atoms with Crippen LogP contribution >= 0.6 is 0 Å². The molecule has 0 N–H and O–H groups in total. The Balaban J connectivity index is 1.27. The van der Waals surface area contributed by atoms with Crippen LogP contribution in [0.25, 0.3) is 0 Å². The summed E-state index contributed by atoms with van der Waals surface area (Å²) >= 11 is 0. The van der Waals surface area contributed by atoms with E-state index < -0.39 is 0 Å². The molecule has 2 aromatic rings. The van der Waals surface area contributed by atoms with E-state index in [1.54, 1.807) is 0 Å². The zero-order valence-electron chi connectivity index (χ0n) is 17.8. The molecule has 2 aliphatic heterocycles.